The van der Waals surface area contributed by atoms with Crippen molar-refractivity contribution in [2.24, 2.45) is 0 Å². The Hall–Kier alpha value is -1.41. The number of halogens is 3. The molecule has 0 heterocycles. The van der Waals surface area contributed by atoms with Gasteiger partial charge in [0.05, 0.1) is 12.5 Å². The number of hydrogen-bond acceptors (Lipinski definition) is 2. The third-order valence-corrected chi connectivity index (χ3v) is 4.22. The molecular formula is C17H19BrF2O2. The van der Waals surface area contributed by atoms with Gasteiger partial charge in [-0.05, 0) is 43.4 Å². The number of carbonyl (C=O) groups excluding carboxylic acids is 1. The fourth-order valence-corrected chi connectivity index (χ4v) is 2.72. The first-order valence-electron chi connectivity index (χ1n) is 6.95. The molecule has 1 atom stereocenters. The van der Waals surface area contributed by atoms with Crippen molar-refractivity contribution in [3.8, 4) is 12.3 Å². The van der Waals surface area contributed by atoms with Gasteiger partial charge in [0.1, 0.15) is 0 Å². The Kier molecular flexibility index (Phi) is 6.55. The molecule has 1 rings (SSSR count). The molecule has 0 aliphatic heterocycles. The third kappa shape index (κ3) is 4.81. The molecular weight excluding hydrogens is 354 g/mol. The molecule has 0 spiro atoms. The van der Waals surface area contributed by atoms with Crippen molar-refractivity contribution >= 4 is 21.9 Å². The summed E-state index contributed by atoms with van der Waals surface area (Å²) < 4.78 is 31.8. The molecule has 120 valence electrons. The highest BCUT2D eigenvalue weighted by Crippen LogP contribution is 2.33. The van der Waals surface area contributed by atoms with Crippen molar-refractivity contribution in [1.82, 2.24) is 0 Å². The van der Waals surface area contributed by atoms with Gasteiger partial charge in [-0.1, -0.05) is 34.5 Å². The SMILES string of the molecule is C#CC(F)(F)CCCCC(C)(C(=O)OC)c1cccc(Br)c1. The predicted molar refractivity (Wildman–Crippen MR) is 85.8 cm³/mol. The van der Waals surface area contributed by atoms with Crippen molar-refractivity contribution in [2.45, 2.75) is 43.9 Å². The molecule has 1 aromatic carbocycles. The monoisotopic (exact) mass is 372 g/mol. The topological polar surface area (TPSA) is 26.3 Å². The molecule has 22 heavy (non-hydrogen) atoms. The summed E-state index contributed by atoms with van der Waals surface area (Å²) in [6.07, 6.45) is 5.51. The molecule has 5 heteroatoms. The van der Waals surface area contributed by atoms with Gasteiger partial charge in [-0.3, -0.25) is 4.79 Å². The number of esters is 1. The van der Waals surface area contributed by atoms with Crippen LogP contribution in [0.15, 0.2) is 28.7 Å². The number of carbonyl (C=O) groups is 1. The molecule has 1 aromatic rings. The van der Waals surface area contributed by atoms with Gasteiger partial charge in [0.25, 0.3) is 0 Å². The number of hydrogen-bond donors (Lipinski definition) is 0. The lowest BCUT2D eigenvalue weighted by atomic mass is 9.78. The molecule has 0 fully saturated rings. The van der Waals surface area contributed by atoms with Gasteiger partial charge in [0.15, 0.2) is 0 Å². The number of alkyl halides is 2. The normalized spacial score (nSPS) is 14.0. The van der Waals surface area contributed by atoms with Gasteiger partial charge in [0, 0.05) is 10.9 Å². The fourth-order valence-electron chi connectivity index (χ4n) is 2.32. The summed E-state index contributed by atoms with van der Waals surface area (Å²) in [5.41, 5.74) is -0.0818. The van der Waals surface area contributed by atoms with E-state index in [4.69, 9.17) is 11.2 Å². The molecule has 0 bridgehead atoms. The lowest BCUT2D eigenvalue weighted by molar-refractivity contribution is -0.147. The minimum absolute atomic E-state index is 0.248. The largest absolute Gasteiger partial charge is 0.468 e. The van der Waals surface area contributed by atoms with E-state index in [1.165, 1.54) is 13.0 Å². The molecule has 2 nitrogen and oxygen atoms in total. The lowest BCUT2D eigenvalue weighted by Crippen LogP contribution is -2.34. The zero-order valence-corrected chi connectivity index (χ0v) is 14.3. The highest BCUT2D eigenvalue weighted by Gasteiger charge is 2.36. The van der Waals surface area contributed by atoms with Crippen LogP contribution in [0.3, 0.4) is 0 Å². The molecule has 0 aliphatic rings. The number of terminal acetylenes is 1. The van der Waals surface area contributed by atoms with E-state index in [9.17, 15) is 13.6 Å². The summed E-state index contributed by atoms with van der Waals surface area (Å²) in [6.45, 7) is 1.76. The van der Waals surface area contributed by atoms with E-state index in [2.05, 4.69) is 15.9 Å². The van der Waals surface area contributed by atoms with Gasteiger partial charge >= 0.3 is 11.9 Å². The number of unbranched alkanes of at least 4 members (excludes halogenated alkanes) is 1. The fraction of sp³-hybridized carbons (Fsp3) is 0.471. The van der Waals surface area contributed by atoms with Crippen LogP contribution in [0.2, 0.25) is 0 Å². The zero-order chi connectivity index (χ0) is 16.8. The van der Waals surface area contributed by atoms with Crippen LogP contribution in [-0.2, 0) is 14.9 Å². The highest BCUT2D eigenvalue weighted by atomic mass is 79.9. The quantitative estimate of drug-likeness (QED) is 0.393. The minimum atomic E-state index is -3.09. The van der Waals surface area contributed by atoms with Crippen LogP contribution < -0.4 is 0 Å². The standard InChI is InChI=1S/C17H19BrF2O2/c1-4-17(19,20)11-6-5-10-16(2,15(21)22-3)13-8-7-9-14(18)12-13/h1,7-9,12H,5-6,10-11H2,2-3H3. The smallest absolute Gasteiger partial charge is 0.315 e. The van der Waals surface area contributed by atoms with E-state index < -0.39 is 11.3 Å². The molecule has 0 saturated heterocycles. The summed E-state index contributed by atoms with van der Waals surface area (Å²) in [5.74, 6) is -1.99. The zero-order valence-electron chi connectivity index (χ0n) is 12.7. The lowest BCUT2D eigenvalue weighted by Gasteiger charge is -2.27. The third-order valence-electron chi connectivity index (χ3n) is 3.73. The van der Waals surface area contributed by atoms with Crippen molar-refractivity contribution < 1.29 is 18.3 Å². The number of benzene rings is 1. The highest BCUT2D eigenvalue weighted by molar-refractivity contribution is 9.10. The average Bonchev–Trinajstić information content (AvgIpc) is 2.50. The van der Waals surface area contributed by atoms with Gasteiger partial charge in [-0.2, -0.15) is 8.78 Å². The predicted octanol–water partition coefficient (Wildman–Crippen LogP) is 4.71. The second-order valence-electron chi connectivity index (χ2n) is 5.39. The second-order valence-corrected chi connectivity index (χ2v) is 6.31. The van der Waals surface area contributed by atoms with Crippen LogP contribution >= 0.6 is 15.9 Å². The van der Waals surface area contributed by atoms with Gasteiger partial charge in [-0.15, -0.1) is 6.42 Å². The maximum absolute atomic E-state index is 13.0. The molecule has 0 aromatic heterocycles. The Morgan fingerprint density at radius 1 is 1.36 bits per heavy atom. The molecule has 0 N–H and O–H groups in total. The average molecular weight is 373 g/mol. The van der Waals surface area contributed by atoms with Crippen LogP contribution in [0.4, 0.5) is 8.78 Å². The van der Waals surface area contributed by atoms with Gasteiger partial charge in [-0.25, -0.2) is 0 Å². The van der Waals surface area contributed by atoms with Crippen molar-refractivity contribution in [1.29, 1.82) is 0 Å². The van der Waals surface area contributed by atoms with Crippen LogP contribution in [0, 0.1) is 12.3 Å². The minimum Gasteiger partial charge on any atom is -0.468 e. The second kappa shape index (κ2) is 7.73. The number of rotatable bonds is 7. The summed E-state index contributed by atoms with van der Waals surface area (Å²) in [5, 5.41) is 0. The van der Waals surface area contributed by atoms with E-state index in [1.54, 1.807) is 6.92 Å². The van der Waals surface area contributed by atoms with Crippen LogP contribution in [0.5, 0.6) is 0 Å². The Bertz CT molecular complexity index is 566. The summed E-state index contributed by atoms with van der Waals surface area (Å²) >= 11 is 3.37. The molecule has 1 unspecified atom stereocenters. The molecule has 0 aliphatic carbocycles. The van der Waals surface area contributed by atoms with E-state index in [1.807, 2.05) is 24.3 Å². The van der Waals surface area contributed by atoms with Crippen LogP contribution in [-0.4, -0.2) is 19.0 Å². The Morgan fingerprint density at radius 3 is 2.55 bits per heavy atom. The maximum atomic E-state index is 13.0. The van der Waals surface area contributed by atoms with Crippen LogP contribution in [0.25, 0.3) is 0 Å². The van der Waals surface area contributed by atoms with Gasteiger partial charge < -0.3 is 4.74 Å². The Labute approximate surface area is 138 Å². The van der Waals surface area contributed by atoms with Gasteiger partial charge in [0.2, 0.25) is 0 Å². The number of methoxy groups -OCH3 is 1. The first kappa shape index (κ1) is 18.6. The summed E-state index contributed by atoms with van der Waals surface area (Å²) in [6, 6.07) is 7.35. The van der Waals surface area contributed by atoms with E-state index in [-0.39, 0.29) is 18.8 Å². The van der Waals surface area contributed by atoms with Crippen molar-refractivity contribution in [2.75, 3.05) is 7.11 Å². The first-order chi connectivity index (χ1) is 10.2. The van der Waals surface area contributed by atoms with Crippen molar-refractivity contribution in [3.05, 3.63) is 34.3 Å². The number of ether oxygens (including phenoxy) is 1. The maximum Gasteiger partial charge on any atom is 0.315 e. The van der Waals surface area contributed by atoms with Crippen LogP contribution in [0.1, 0.15) is 38.2 Å². The molecule has 0 amide bonds. The first-order valence-corrected chi connectivity index (χ1v) is 7.74. The van der Waals surface area contributed by atoms with Crippen molar-refractivity contribution in [3.63, 3.8) is 0 Å². The van der Waals surface area contributed by atoms with E-state index in [0.29, 0.717) is 12.8 Å². The molecule has 0 radical (unpaired) electrons. The van der Waals surface area contributed by atoms with E-state index in [0.717, 1.165) is 10.0 Å². The molecule has 0 saturated carbocycles. The summed E-state index contributed by atoms with van der Waals surface area (Å²) in [4.78, 5) is 12.2. The Balaban J connectivity index is 2.82. The summed E-state index contributed by atoms with van der Waals surface area (Å²) in [7, 11) is 1.32. The Morgan fingerprint density at radius 2 is 2.00 bits per heavy atom. The van der Waals surface area contributed by atoms with E-state index >= 15 is 0 Å².